The van der Waals surface area contributed by atoms with Crippen molar-refractivity contribution in [2.45, 2.75) is 78.6 Å². The van der Waals surface area contributed by atoms with Crippen molar-refractivity contribution in [2.75, 3.05) is 9.80 Å². The predicted octanol–water partition coefficient (Wildman–Crippen LogP) is 32.8. The topological polar surface area (TPSA) is 16.3 Å². The number of hydrogen-bond acceptors (Lipinski definition) is 2. The van der Waals surface area contributed by atoms with E-state index in [0.29, 0.717) is 0 Å². The van der Waals surface area contributed by atoms with Crippen molar-refractivity contribution in [3.63, 3.8) is 0 Å². The third-order valence-electron chi connectivity index (χ3n) is 28.6. The van der Waals surface area contributed by atoms with Gasteiger partial charge in [0.05, 0.1) is 33.4 Å². The minimum absolute atomic E-state index is 0.125. The second-order valence-electron chi connectivity index (χ2n) is 39.5. The maximum Gasteiger partial charge on any atom is 0.252 e. The van der Waals surface area contributed by atoms with Gasteiger partial charge in [0, 0.05) is 88.7 Å². The monoisotopic (exact) mass is 1670 g/mol. The van der Waals surface area contributed by atoms with Crippen molar-refractivity contribution < 1.29 is 0 Å². The lowest BCUT2D eigenvalue weighted by Gasteiger charge is -2.46. The molecule has 4 nitrogen and oxygen atoms in total. The zero-order chi connectivity index (χ0) is 88.0. The molecule has 2 aliphatic rings. The number of fused-ring (bicyclic) bond motifs is 22. The number of anilines is 6. The van der Waals surface area contributed by atoms with Crippen molar-refractivity contribution in [2.24, 2.45) is 0 Å². The Morgan fingerprint density at radius 3 is 0.870 bits per heavy atom. The zero-order valence-corrected chi connectivity index (χ0v) is 75.1. The number of benzene rings is 21. The highest BCUT2D eigenvalue weighted by atomic mass is 15.2. The summed E-state index contributed by atoms with van der Waals surface area (Å²) in [6.45, 7) is 21.0. The molecule has 5 heteroatoms. The maximum absolute atomic E-state index is 2.77. The molecule has 0 spiro atoms. The van der Waals surface area contributed by atoms with Gasteiger partial charge in [-0.15, -0.1) is 0 Å². The van der Waals surface area contributed by atoms with Crippen LogP contribution in [-0.4, -0.2) is 15.8 Å². The number of rotatable bonds is 10. The molecule has 0 saturated carbocycles. The molecule has 131 heavy (non-hydrogen) atoms. The third-order valence-corrected chi connectivity index (χ3v) is 28.6. The standard InChI is InChI=1S/C126H95BN4/c1-124(2,3)90-58-64-111-107(72-90)117-99-50-30-26-46-95(99)97-48-28-32-52-101(97)122(117)128(111)93-60-62-109-113(76-93)130(120-103(80-36-14-10-15-37-80)68-88(69-104(120)81-38-16-11-17-39-81)86-56-54-78-34-22-24-44-84(78)66-86)115-74-92(126(7,8)9)75-116-119(115)127(109)110-63-61-94(129-112-65-59-91(125(4,5)6)73-108(112)118-100-51-31-27-47-96(100)98-49-29-33-53-102(98)123(118)129)77-114(110)131(116)121-105(82-40-18-12-19-41-82)70-89(71-106(121)83-42-20-13-21-43-83)87-57-55-79-35-23-25-45-85(79)67-87/h10-77H,1-9H3. The average molecular weight is 1680 g/mol. The van der Waals surface area contributed by atoms with Crippen LogP contribution in [0.25, 0.3) is 186 Å². The fourth-order valence-corrected chi connectivity index (χ4v) is 22.2. The van der Waals surface area contributed by atoms with Gasteiger partial charge in [-0.05, 0) is 245 Å². The van der Waals surface area contributed by atoms with Crippen LogP contribution in [0.3, 0.4) is 0 Å². The van der Waals surface area contributed by atoms with E-state index in [1.54, 1.807) is 0 Å². The zero-order valence-electron chi connectivity index (χ0n) is 75.1. The highest BCUT2D eigenvalue weighted by molar-refractivity contribution is 7.00. The summed E-state index contributed by atoms with van der Waals surface area (Å²) in [5.41, 5.74) is 33.7. The SMILES string of the molecule is CC(C)(C)c1cc2c3c(c1)N(c1c(-c4ccccc4)cc(-c4ccc5ccccc5c4)cc1-c1ccccc1)c1cc(-n4c5ccc(C(C)(C)C)cc5c5c6ccccc6c6ccccc6c54)ccc1B3c1ccc(-n3c4ccc(C(C)(C)C)cc4c4c5ccccc5c5ccccc5c43)cc1N2c1c(-c2ccccc2)cc(-c2ccc3ccccc3c2)cc1-c1ccccc1. The van der Waals surface area contributed by atoms with Crippen LogP contribution in [-0.2, 0) is 16.2 Å². The first kappa shape index (κ1) is 77.8. The van der Waals surface area contributed by atoms with Crippen LogP contribution in [0, 0.1) is 0 Å². The molecule has 0 amide bonds. The summed E-state index contributed by atoms with van der Waals surface area (Å²) in [5, 5.41) is 19.7. The Labute approximate surface area is 764 Å². The van der Waals surface area contributed by atoms with Gasteiger partial charge in [0.2, 0.25) is 0 Å². The molecule has 0 saturated heterocycles. The highest BCUT2D eigenvalue weighted by Gasteiger charge is 2.47. The van der Waals surface area contributed by atoms with Gasteiger partial charge in [0.25, 0.3) is 6.71 Å². The van der Waals surface area contributed by atoms with Crippen LogP contribution >= 0.6 is 0 Å². The van der Waals surface area contributed by atoms with Crippen LogP contribution in [0.1, 0.15) is 79.0 Å². The van der Waals surface area contributed by atoms with E-state index in [2.05, 4.69) is 494 Å². The lowest BCUT2D eigenvalue weighted by Crippen LogP contribution is -2.61. The van der Waals surface area contributed by atoms with E-state index in [9.17, 15) is 0 Å². The Balaban J connectivity index is 0.866. The molecule has 2 aliphatic heterocycles. The van der Waals surface area contributed by atoms with Crippen LogP contribution in [0.4, 0.5) is 34.1 Å². The molecule has 4 heterocycles. The summed E-state index contributed by atoms with van der Waals surface area (Å²) in [4.78, 5) is 5.54. The minimum atomic E-state index is -0.422. The molecule has 0 atom stereocenters. The van der Waals surface area contributed by atoms with Gasteiger partial charge in [-0.25, -0.2) is 0 Å². The van der Waals surface area contributed by atoms with E-state index >= 15 is 0 Å². The number of hydrogen-bond donors (Lipinski definition) is 0. The molecule has 23 aromatic rings. The van der Waals surface area contributed by atoms with E-state index in [-0.39, 0.29) is 17.5 Å². The molecule has 0 fully saturated rings. The first-order chi connectivity index (χ1) is 63.9. The molecular weight excluding hydrogens is 1580 g/mol. The molecule has 25 rings (SSSR count). The summed E-state index contributed by atoms with van der Waals surface area (Å²) in [6, 6.07) is 159. The van der Waals surface area contributed by atoms with Crippen molar-refractivity contribution in [1.29, 1.82) is 0 Å². The molecule has 2 aromatic heterocycles. The predicted molar refractivity (Wildman–Crippen MR) is 563 cm³/mol. The molecule has 0 bridgehead atoms. The van der Waals surface area contributed by atoms with Crippen molar-refractivity contribution in [3.8, 4) is 78.1 Å². The van der Waals surface area contributed by atoms with Gasteiger partial charge in [0.1, 0.15) is 0 Å². The largest absolute Gasteiger partial charge is 0.310 e. The Bertz CT molecular complexity index is 8100. The van der Waals surface area contributed by atoms with E-state index in [0.717, 1.165) is 123 Å². The summed E-state index contributed by atoms with van der Waals surface area (Å²) < 4.78 is 5.28. The second kappa shape index (κ2) is 29.5. The maximum atomic E-state index is 2.77. The number of nitrogens with zero attached hydrogens (tertiary/aromatic N) is 4. The highest BCUT2D eigenvalue weighted by Crippen LogP contribution is 2.58. The Kier molecular flexibility index (Phi) is 17.5. The van der Waals surface area contributed by atoms with Gasteiger partial charge in [0.15, 0.2) is 0 Å². The molecular formula is C126H95BN4. The Hall–Kier alpha value is -15.6. The first-order valence-electron chi connectivity index (χ1n) is 46.3. The lowest BCUT2D eigenvalue weighted by atomic mass is 9.33. The second-order valence-corrected chi connectivity index (χ2v) is 39.5. The Morgan fingerprint density at radius 1 is 0.206 bits per heavy atom. The summed E-state index contributed by atoms with van der Waals surface area (Å²) in [7, 11) is 0. The Morgan fingerprint density at radius 2 is 0.519 bits per heavy atom. The molecule has 0 unspecified atom stereocenters. The third kappa shape index (κ3) is 12.3. The van der Waals surface area contributed by atoms with Crippen molar-refractivity contribution in [1.82, 2.24) is 9.13 Å². The smallest absolute Gasteiger partial charge is 0.252 e. The molecule has 0 N–H and O–H groups in total. The number of aromatic nitrogens is 2. The summed E-state index contributed by atoms with van der Waals surface area (Å²) in [6.07, 6.45) is 0. The van der Waals surface area contributed by atoms with Gasteiger partial charge in [-0.1, -0.05) is 378 Å². The average Bonchev–Trinajstić information content (AvgIpc) is 1.44. The molecule has 622 valence electrons. The van der Waals surface area contributed by atoms with Gasteiger partial charge in [-0.3, -0.25) is 0 Å². The minimum Gasteiger partial charge on any atom is -0.310 e. The van der Waals surface area contributed by atoms with E-state index in [4.69, 9.17) is 0 Å². The lowest BCUT2D eigenvalue weighted by molar-refractivity contribution is 0.590. The normalized spacial score (nSPS) is 12.9. The molecule has 0 radical (unpaired) electrons. The van der Waals surface area contributed by atoms with Crippen LogP contribution in [0.5, 0.6) is 0 Å². The van der Waals surface area contributed by atoms with Gasteiger partial charge >= 0.3 is 0 Å². The fourth-order valence-electron chi connectivity index (χ4n) is 22.2. The van der Waals surface area contributed by atoms with Crippen molar-refractivity contribution >= 4 is 165 Å². The van der Waals surface area contributed by atoms with E-state index in [1.165, 1.54) is 130 Å². The summed E-state index contributed by atoms with van der Waals surface area (Å²) in [5.74, 6) is 0. The van der Waals surface area contributed by atoms with E-state index < -0.39 is 5.41 Å². The van der Waals surface area contributed by atoms with Gasteiger partial charge in [-0.2, -0.15) is 0 Å². The molecule has 21 aromatic carbocycles. The fraction of sp³-hybridized carbons (Fsp3) is 0.0952. The summed E-state index contributed by atoms with van der Waals surface area (Å²) >= 11 is 0. The molecule has 0 aliphatic carbocycles. The van der Waals surface area contributed by atoms with Crippen LogP contribution < -0.4 is 26.2 Å². The van der Waals surface area contributed by atoms with E-state index in [1.807, 2.05) is 0 Å². The van der Waals surface area contributed by atoms with Crippen molar-refractivity contribution in [3.05, 3.63) is 429 Å². The van der Waals surface area contributed by atoms with Gasteiger partial charge < -0.3 is 18.9 Å². The van der Waals surface area contributed by atoms with Crippen LogP contribution in [0.2, 0.25) is 0 Å². The van der Waals surface area contributed by atoms with Crippen LogP contribution in [0.15, 0.2) is 413 Å². The quantitative estimate of drug-likeness (QED) is 0.100. The first-order valence-corrected chi connectivity index (χ1v) is 46.3.